The topological polar surface area (TPSA) is 104 Å². The van der Waals surface area contributed by atoms with Crippen molar-refractivity contribution in [1.29, 1.82) is 0 Å². The molecular weight excluding hydrogens is 357 g/mol. The first kappa shape index (κ1) is 20.6. The molecule has 1 N–H and O–H groups in total. The molecule has 140 valence electrons. The van der Waals surface area contributed by atoms with Crippen molar-refractivity contribution >= 4 is 21.9 Å². The Morgan fingerprint density at radius 3 is 2.25 bits per heavy atom. The number of hydrogen-bond donors (Lipinski definition) is 1. The summed E-state index contributed by atoms with van der Waals surface area (Å²) in [5, 5.41) is 8.88. The summed E-state index contributed by atoms with van der Waals surface area (Å²) in [5.74, 6) is -2.19. The summed E-state index contributed by atoms with van der Waals surface area (Å²) in [5.41, 5.74) is 0. The number of aliphatic carboxylic acids is 1. The lowest BCUT2D eigenvalue weighted by Gasteiger charge is -2.36. The maximum Gasteiger partial charge on any atom is 0.411 e. The Balaban J connectivity index is 2.65. The second-order valence-electron chi connectivity index (χ2n) is 5.42. The fraction of sp³-hybridized carbons (Fsp3) is 0.833. The van der Waals surface area contributed by atoms with Gasteiger partial charge in [-0.25, -0.2) is 12.7 Å². The van der Waals surface area contributed by atoms with Crippen LogP contribution in [0.1, 0.15) is 12.8 Å². The number of halogens is 3. The molecule has 0 aliphatic carbocycles. The number of carboxylic acid groups (broad SMARTS) is 1. The van der Waals surface area contributed by atoms with Crippen molar-refractivity contribution in [3.05, 3.63) is 0 Å². The molecule has 0 aromatic carbocycles. The minimum atomic E-state index is -4.58. The van der Waals surface area contributed by atoms with Crippen LogP contribution >= 0.6 is 0 Å². The van der Waals surface area contributed by atoms with Crippen molar-refractivity contribution in [1.82, 2.24) is 9.21 Å². The van der Waals surface area contributed by atoms with Gasteiger partial charge in [-0.05, 0) is 12.8 Å². The number of carboxylic acids is 1. The normalized spacial score (nSPS) is 17.7. The molecule has 0 unspecified atom stereocenters. The van der Waals surface area contributed by atoms with Gasteiger partial charge in [0.1, 0.15) is 19.8 Å². The molecule has 1 aliphatic heterocycles. The summed E-state index contributed by atoms with van der Waals surface area (Å²) in [6.45, 7) is -2.96. The van der Waals surface area contributed by atoms with E-state index < -0.39 is 53.9 Å². The van der Waals surface area contributed by atoms with Crippen LogP contribution in [0.3, 0.4) is 0 Å². The SMILES string of the molecule is CS(=O)(=O)N1CCC(N(CC(=O)O)C(=O)COCC(F)(F)F)CC1. The smallest absolute Gasteiger partial charge is 0.411 e. The van der Waals surface area contributed by atoms with E-state index in [1.807, 2.05) is 0 Å². The predicted molar refractivity (Wildman–Crippen MR) is 75.7 cm³/mol. The van der Waals surface area contributed by atoms with Crippen LogP contribution in [0.2, 0.25) is 0 Å². The maximum atomic E-state index is 12.0. The van der Waals surface area contributed by atoms with Gasteiger partial charge in [-0.1, -0.05) is 0 Å². The molecule has 0 aromatic rings. The van der Waals surface area contributed by atoms with Gasteiger partial charge in [-0.2, -0.15) is 13.2 Å². The van der Waals surface area contributed by atoms with Gasteiger partial charge < -0.3 is 14.7 Å². The highest BCUT2D eigenvalue weighted by Crippen LogP contribution is 2.19. The number of hydrogen-bond acceptors (Lipinski definition) is 5. The van der Waals surface area contributed by atoms with E-state index in [1.54, 1.807) is 0 Å². The molecule has 0 bridgehead atoms. The van der Waals surface area contributed by atoms with E-state index in [9.17, 15) is 31.2 Å². The monoisotopic (exact) mass is 376 g/mol. The maximum absolute atomic E-state index is 12.0. The van der Waals surface area contributed by atoms with E-state index in [2.05, 4.69) is 4.74 Å². The Morgan fingerprint density at radius 2 is 1.83 bits per heavy atom. The van der Waals surface area contributed by atoms with E-state index in [4.69, 9.17) is 5.11 Å². The predicted octanol–water partition coefficient (Wildman–Crippen LogP) is -0.0975. The minimum Gasteiger partial charge on any atom is -0.480 e. The molecule has 12 heteroatoms. The van der Waals surface area contributed by atoms with Crippen molar-refractivity contribution in [2.75, 3.05) is 39.1 Å². The van der Waals surface area contributed by atoms with Crippen LogP contribution in [0.25, 0.3) is 0 Å². The third-order valence-corrected chi connectivity index (χ3v) is 4.75. The third kappa shape index (κ3) is 7.01. The Hall–Kier alpha value is -1.40. The van der Waals surface area contributed by atoms with Gasteiger partial charge in [0.25, 0.3) is 0 Å². The second-order valence-corrected chi connectivity index (χ2v) is 7.40. The largest absolute Gasteiger partial charge is 0.480 e. The molecule has 8 nitrogen and oxygen atoms in total. The third-order valence-electron chi connectivity index (χ3n) is 3.45. The lowest BCUT2D eigenvalue weighted by Crippen LogP contribution is -2.51. The summed E-state index contributed by atoms with van der Waals surface area (Å²) < 4.78 is 64.4. The number of rotatable bonds is 7. The molecule has 0 spiro atoms. The van der Waals surface area contributed by atoms with Crippen molar-refractivity contribution in [3.8, 4) is 0 Å². The van der Waals surface area contributed by atoms with Crippen LogP contribution in [0.5, 0.6) is 0 Å². The van der Waals surface area contributed by atoms with Crippen LogP contribution in [-0.4, -0.2) is 85.9 Å². The summed E-state index contributed by atoms with van der Waals surface area (Å²) in [6, 6.07) is -0.568. The lowest BCUT2D eigenvalue weighted by atomic mass is 10.0. The summed E-state index contributed by atoms with van der Waals surface area (Å²) in [7, 11) is -3.38. The number of piperidine rings is 1. The molecule has 1 aliphatic rings. The molecule has 0 atom stereocenters. The van der Waals surface area contributed by atoms with Crippen LogP contribution in [-0.2, 0) is 24.3 Å². The van der Waals surface area contributed by atoms with E-state index in [-0.39, 0.29) is 25.9 Å². The first-order valence-corrected chi connectivity index (χ1v) is 8.86. The molecular formula is C12H19F3N2O6S. The van der Waals surface area contributed by atoms with E-state index in [0.29, 0.717) is 0 Å². The summed E-state index contributed by atoms with van der Waals surface area (Å²) >= 11 is 0. The molecule has 0 aromatic heterocycles. The van der Waals surface area contributed by atoms with Crippen molar-refractivity contribution in [3.63, 3.8) is 0 Å². The zero-order valence-corrected chi connectivity index (χ0v) is 13.8. The van der Waals surface area contributed by atoms with Crippen LogP contribution in [0.4, 0.5) is 13.2 Å². The lowest BCUT2D eigenvalue weighted by molar-refractivity contribution is -0.179. The van der Waals surface area contributed by atoms with Crippen LogP contribution in [0, 0.1) is 0 Å². The Labute approximate surface area is 137 Å². The molecule has 1 rings (SSSR count). The van der Waals surface area contributed by atoms with Crippen molar-refractivity contribution < 1.29 is 41.0 Å². The number of amides is 1. The molecule has 1 saturated heterocycles. The highest BCUT2D eigenvalue weighted by Gasteiger charge is 2.33. The fourth-order valence-corrected chi connectivity index (χ4v) is 3.26. The van der Waals surface area contributed by atoms with Gasteiger partial charge in [0.2, 0.25) is 15.9 Å². The molecule has 1 amide bonds. The number of carbonyl (C=O) groups excluding carboxylic acids is 1. The Morgan fingerprint density at radius 1 is 1.29 bits per heavy atom. The summed E-state index contributed by atoms with van der Waals surface area (Å²) in [6.07, 6.45) is -3.14. The highest BCUT2D eigenvalue weighted by molar-refractivity contribution is 7.88. The average molecular weight is 376 g/mol. The van der Waals surface area contributed by atoms with Gasteiger partial charge in [-0.15, -0.1) is 0 Å². The minimum absolute atomic E-state index is 0.107. The summed E-state index contributed by atoms with van der Waals surface area (Å²) in [4.78, 5) is 23.8. The van der Waals surface area contributed by atoms with Crippen molar-refractivity contribution in [2.24, 2.45) is 0 Å². The second kappa shape index (κ2) is 8.12. The van der Waals surface area contributed by atoms with Gasteiger partial charge in [0.15, 0.2) is 0 Å². The number of sulfonamides is 1. The van der Waals surface area contributed by atoms with E-state index >= 15 is 0 Å². The first-order chi connectivity index (χ1) is 10.9. The standard InChI is InChI=1S/C12H19F3N2O6S/c1-24(21,22)16-4-2-9(3-5-16)17(6-11(19)20)10(18)7-23-8-12(13,14)15/h9H,2-8H2,1H3,(H,19,20). The van der Waals surface area contributed by atoms with Gasteiger partial charge in [0.05, 0.1) is 6.26 Å². The number of nitrogens with zero attached hydrogens (tertiary/aromatic N) is 2. The van der Waals surface area contributed by atoms with Crippen LogP contribution in [0.15, 0.2) is 0 Å². The average Bonchev–Trinajstić information content (AvgIpc) is 2.42. The van der Waals surface area contributed by atoms with Gasteiger partial charge in [-0.3, -0.25) is 9.59 Å². The molecule has 24 heavy (non-hydrogen) atoms. The van der Waals surface area contributed by atoms with E-state index in [0.717, 1.165) is 11.2 Å². The van der Waals surface area contributed by atoms with E-state index in [1.165, 1.54) is 4.31 Å². The number of alkyl halides is 3. The quantitative estimate of drug-likeness (QED) is 0.666. The molecule has 0 radical (unpaired) electrons. The first-order valence-electron chi connectivity index (χ1n) is 7.01. The highest BCUT2D eigenvalue weighted by atomic mass is 32.2. The number of carbonyl (C=O) groups is 2. The molecule has 0 saturated carbocycles. The Kier molecular flexibility index (Phi) is 6.98. The zero-order valence-electron chi connectivity index (χ0n) is 13.0. The van der Waals surface area contributed by atoms with Gasteiger partial charge in [0, 0.05) is 19.1 Å². The molecule has 1 heterocycles. The van der Waals surface area contributed by atoms with Crippen molar-refractivity contribution in [2.45, 2.75) is 25.1 Å². The van der Waals surface area contributed by atoms with Crippen LogP contribution < -0.4 is 0 Å². The Bertz CT molecular complexity index is 558. The fourth-order valence-electron chi connectivity index (χ4n) is 2.39. The zero-order chi connectivity index (χ0) is 18.5. The molecule has 1 fully saturated rings. The number of ether oxygens (including phenoxy) is 1. The van der Waals surface area contributed by atoms with Gasteiger partial charge >= 0.3 is 12.1 Å².